The molecule has 0 spiro atoms. The van der Waals surface area contributed by atoms with E-state index >= 15 is 0 Å². The van der Waals surface area contributed by atoms with Crippen LogP contribution in [0.1, 0.15) is 30.7 Å². The van der Waals surface area contributed by atoms with Crippen molar-refractivity contribution in [2.45, 2.75) is 43.4 Å². The summed E-state index contributed by atoms with van der Waals surface area (Å²) in [6, 6.07) is 8.89. The summed E-state index contributed by atoms with van der Waals surface area (Å²) in [5.41, 5.74) is 1.15. The quantitative estimate of drug-likeness (QED) is 0.816. The molecule has 2 N–H and O–H groups in total. The first-order valence-corrected chi connectivity index (χ1v) is 6.36. The molecule has 17 heavy (non-hydrogen) atoms. The number of fused-ring (bicyclic) bond motifs is 2. The Labute approximate surface area is 102 Å². The minimum Gasteiger partial charge on any atom is -0.496 e. The van der Waals surface area contributed by atoms with Gasteiger partial charge in [-0.25, -0.2) is 0 Å². The topological polar surface area (TPSA) is 41.5 Å². The van der Waals surface area contributed by atoms with Crippen molar-refractivity contribution in [3.05, 3.63) is 29.8 Å². The van der Waals surface area contributed by atoms with Gasteiger partial charge in [-0.2, -0.15) is 0 Å². The second kappa shape index (κ2) is 4.31. The summed E-state index contributed by atoms with van der Waals surface area (Å²) in [6.45, 7) is 0. The van der Waals surface area contributed by atoms with Gasteiger partial charge in [0.05, 0.1) is 13.2 Å². The van der Waals surface area contributed by atoms with Crippen molar-refractivity contribution in [3.63, 3.8) is 0 Å². The Morgan fingerprint density at radius 1 is 1.29 bits per heavy atom. The highest BCUT2D eigenvalue weighted by atomic mass is 16.5. The molecule has 0 saturated carbocycles. The van der Waals surface area contributed by atoms with Crippen LogP contribution in [0.5, 0.6) is 5.75 Å². The molecule has 1 aromatic carbocycles. The highest BCUT2D eigenvalue weighted by Crippen LogP contribution is 2.40. The highest BCUT2D eigenvalue weighted by molar-refractivity contribution is 5.38. The number of benzene rings is 1. The Hall–Kier alpha value is -1.06. The molecule has 0 aromatic heterocycles. The summed E-state index contributed by atoms with van der Waals surface area (Å²) >= 11 is 0. The van der Waals surface area contributed by atoms with Crippen molar-refractivity contribution < 1.29 is 9.84 Å². The number of para-hydroxylation sites is 1. The van der Waals surface area contributed by atoms with Gasteiger partial charge in [0.1, 0.15) is 5.75 Å². The molecule has 3 nitrogen and oxygen atoms in total. The molecule has 92 valence electrons. The molecule has 1 aromatic rings. The molecular weight excluding hydrogens is 214 g/mol. The number of methoxy groups -OCH3 is 1. The molecule has 2 heterocycles. The van der Waals surface area contributed by atoms with Gasteiger partial charge in [-0.15, -0.1) is 0 Å². The standard InChI is InChI=1S/C14H19NO2/c1-17-13-5-3-2-4-10(13)11-8-9-6-7-12(15-9)14(11)16/h2-5,9,11-12,14-16H,6-8H2,1H3/t9-,11-,12-,14-/m1/s1. The first-order valence-electron chi connectivity index (χ1n) is 6.36. The summed E-state index contributed by atoms with van der Waals surface area (Å²) in [5.74, 6) is 1.11. The number of piperidine rings is 1. The van der Waals surface area contributed by atoms with Crippen LogP contribution < -0.4 is 10.1 Å². The van der Waals surface area contributed by atoms with Gasteiger partial charge in [-0.3, -0.25) is 0 Å². The first kappa shape index (κ1) is 11.1. The van der Waals surface area contributed by atoms with Crippen LogP contribution >= 0.6 is 0 Å². The van der Waals surface area contributed by atoms with E-state index in [0.717, 1.165) is 24.2 Å². The third kappa shape index (κ3) is 1.83. The number of ether oxygens (including phenoxy) is 1. The molecule has 3 heteroatoms. The van der Waals surface area contributed by atoms with E-state index in [-0.39, 0.29) is 18.1 Å². The minimum absolute atomic E-state index is 0.213. The van der Waals surface area contributed by atoms with Gasteiger partial charge in [0.15, 0.2) is 0 Å². The Kier molecular flexibility index (Phi) is 2.81. The number of hydrogen-bond acceptors (Lipinski definition) is 3. The van der Waals surface area contributed by atoms with E-state index in [2.05, 4.69) is 11.4 Å². The Morgan fingerprint density at radius 2 is 2.12 bits per heavy atom. The van der Waals surface area contributed by atoms with Crippen molar-refractivity contribution >= 4 is 0 Å². The zero-order chi connectivity index (χ0) is 11.8. The third-order valence-corrected chi connectivity index (χ3v) is 4.18. The van der Waals surface area contributed by atoms with E-state index in [1.165, 1.54) is 6.42 Å². The lowest BCUT2D eigenvalue weighted by Gasteiger charge is -2.35. The van der Waals surface area contributed by atoms with E-state index < -0.39 is 0 Å². The molecule has 2 fully saturated rings. The van der Waals surface area contributed by atoms with Gasteiger partial charge in [-0.05, 0) is 30.9 Å². The lowest BCUT2D eigenvalue weighted by Crippen LogP contribution is -2.47. The molecule has 2 bridgehead atoms. The summed E-state index contributed by atoms with van der Waals surface area (Å²) in [6.07, 6.45) is 3.01. The van der Waals surface area contributed by atoms with E-state index in [0.29, 0.717) is 6.04 Å². The van der Waals surface area contributed by atoms with Crippen LogP contribution in [0.2, 0.25) is 0 Å². The van der Waals surface area contributed by atoms with Gasteiger partial charge in [0.2, 0.25) is 0 Å². The maximum absolute atomic E-state index is 10.4. The molecule has 0 amide bonds. The van der Waals surface area contributed by atoms with Crippen molar-refractivity contribution in [2.75, 3.05) is 7.11 Å². The summed E-state index contributed by atoms with van der Waals surface area (Å²) in [4.78, 5) is 0. The smallest absolute Gasteiger partial charge is 0.122 e. The van der Waals surface area contributed by atoms with Crippen molar-refractivity contribution in [3.8, 4) is 5.75 Å². The van der Waals surface area contributed by atoms with Gasteiger partial charge in [0.25, 0.3) is 0 Å². The average molecular weight is 233 g/mol. The number of rotatable bonds is 2. The molecule has 2 aliphatic heterocycles. The SMILES string of the molecule is COc1ccccc1[C@H]1C[C@H]2CC[C@@H](N2)[C@@H]1O. The number of hydrogen-bond donors (Lipinski definition) is 2. The van der Waals surface area contributed by atoms with E-state index in [9.17, 15) is 5.11 Å². The molecule has 3 rings (SSSR count). The third-order valence-electron chi connectivity index (χ3n) is 4.18. The van der Waals surface area contributed by atoms with E-state index in [1.54, 1.807) is 7.11 Å². The van der Waals surface area contributed by atoms with Gasteiger partial charge < -0.3 is 15.2 Å². The van der Waals surface area contributed by atoms with Crippen molar-refractivity contribution in [2.24, 2.45) is 0 Å². The van der Waals surface area contributed by atoms with Crippen molar-refractivity contribution in [1.29, 1.82) is 0 Å². The van der Waals surface area contributed by atoms with Crippen LogP contribution in [0, 0.1) is 0 Å². The predicted octanol–water partition coefficient (Wildman–Crippen LogP) is 1.66. The maximum atomic E-state index is 10.4. The van der Waals surface area contributed by atoms with E-state index in [4.69, 9.17) is 4.74 Å². The fraction of sp³-hybridized carbons (Fsp3) is 0.571. The molecule has 2 aliphatic rings. The average Bonchev–Trinajstić information content (AvgIpc) is 2.78. The van der Waals surface area contributed by atoms with Gasteiger partial charge >= 0.3 is 0 Å². The fourth-order valence-corrected chi connectivity index (χ4v) is 3.32. The molecule has 2 saturated heterocycles. The molecule has 0 aliphatic carbocycles. The number of aliphatic hydroxyl groups excluding tert-OH is 1. The maximum Gasteiger partial charge on any atom is 0.122 e. The second-order valence-corrected chi connectivity index (χ2v) is 5.12. The van der Waals surface area contributed by atoms with Crippen LogP contribution in [0.15, 0.2) is 24.3 Å². The van der Waals surface area contributed by atoms with Crippen LogP contribution in [0.4, 0.5) is 0 Å². The fourth-order valence-electron chi connectivity index (χ4n) is 3.32. The van der Waals surface area contributed by atoms with Gasteiger partial charge in [0, 0.05) is 18.0 Å². The molecular formula is C14H19NO2. The van der Waals surface area contributed by atoms with Crippen LogP contribution in [-0.2, 0) is 0 Å². The lowest BCUT2D eigenvalue weighted by atomic mass is 9.83. The monoisotopic (exact) mass is 233 g/mol. The molecule has 4 atom stereocenters. The normalized spacial score (nSPS) is 35.9. The minimum atomic E-state index is -0.287. The zero-order valence-electron chi connectivity index (χ0n) is 10.1. The number of aliphatic hydroxyl groups is 1. The number of nitrogens with one attached hydrogen (secondary N) is 1. The zero-order valence-corrected chi connectivity index (χ0v) is 10.1. The Bertz CT molecular complexity index is 407. The molecule has 0 unspecified atom stereocenters. The van der Waals surface area contributed by atoms with E-state index in [1.807, 2.05) is 18.2 Å². The van der Waals surface area contributed by atoms with Crippen LogP contribution in [0.25, 0.3) is 0 Å². The van der Waals surface area contributed by atoms with Gasteiger partial charge in [-0.1, -0.05) is 18.2 Å². The first-order chi connectivity index (χ1) is 8.29. The predicted molar refractivity (Wildman–Crippen MR) is 66.3 cm³/mol. The van der Waals surface area contributed by atoms with Crippen LogP contribution in [-0.4, -0.2) is 30.4 Å². The summed E-state index contributed by atoms with van der Waals surface area (Å²) < 4.78 is 5.41. The Balaban J connectivity index is 1.93. The largest absolute Gasteiger partial charge is 0.496 e. The molecule has 0 radical (unpaired) electrons. The Morgan fingerprint density at radius 3 is 2.94 bits per heavy atom. The summed E-state index contributed by atoms with van der Waals surface area (Å²) in [7, 11) is 1.70. The van der Waals surface area contributed by atoms with Crippen molar-refractivity contribution in [1.82, 2.24) is 5.32 Å². The van der Waals surface area contributed by atoms with Crippen LogP contribution in [0.3, 0.4) is 0 Å². The summed E-state index contributed by atoms with van der Waals surface area (Å²) in [5, 5.41) is 13.9. The second-order valence-electron chi connectivity index (χ2n) is 5.12. The lowest BCUT2D eigenvalue weighted by molar-refractivity contribution is 0.0796. The highest BCUT2D eigenvalue weighted by Gasteiger charge is 2.41.